The lowest BCUT2D eigenvalue weighted by atomic mass is 10.2. The molecule has 2 fully saturated rings. The molecule has 1 aromatic carbocycles. The molecule has 0 bridgehead atoms. The lowest BCUT2D eigenvalue weighted by molar-refractivity contribution is -0.121. The van der Waals surface area contributed by atoms with Gasteiger partial charge in [0.1, 0.15) is 0 Å². The maximum absolute atomic E-state index is 13.9. The Morgan fingerprint density at radius 2 is 2.03 bits per heavy atom. The number of nitrogens with zero attached hydrogens (tertiary/aromatic N) is 3. The number of rotatable bonds is 9. The minimum absolute atomic E-state index is 0.140. The number of carbonyl (C=O) groups is 1. The number of hydrogen-bond donors (Lipinski definition) is 2. The zero-order valence-electron chi connectivity index (χ0n) is 18.1. The van der Waals surface area contributed by atoms with Crippen molar-refractivity contribution >= 4 is 11.9 Å². The largest absolute Gasteiger partial charge is 0.494 e. The van der Waals surface area contributed by atoms with E-state index in [-0.39, 0.29) is 17.5 Å². The van der Waals surface area contributed by atoms with Crippen molar-refractivity contribution < 1.29 is 13.9 Å². The van der Waals surface area contributed by atoms with Gasteiger partial charge in [-0.3, -0.25) is 14.7 Å². The fraction of sp³-hybridized carbons (Fsp3) is 0.636. The van der Waals surface area contributed by atoms with Gasteiger partial charge in [-0.2, -0.15) is 0 Å². The highest BCUT2D eigenvalue weighted by Crippen LogP contribution is 2.19. The number of amides is 1. The topological polar surface area (TPSA) is 69.2 Å². The molecule has 0 aromatic heterocycles. The van der Waals surface area contributed by atoms with Crippen LogP contribution in [0.15, 0.2) is 23.2 Å². The van der Waals surface area contributed by atoms with Gasteiger partial charge in [0.05, 0.1) is 7.11 Å². The van der Waals surface area contributed by atoms with Crippen LogP contribution in [0.25, 0.3) is 0 Å². The van der Waals surface area contributed by atoms with Crippen molar-refractivity contribution in [1.29, 1.82) is 0 Å². The molecule has 2 aliphatic rings. The van der Waals surface area contributed by atoms with Crippen LogP contribution in [-0.4, -0.2) is 74.1 Å². The number of guanidine groups is 1. The summed E-state index contributed by atoms with van der Waals surface area (Å²) in [6, 6.07) is 5.57. The Labute approximate surface area is 178 Å². The summed E-state index contributed by atoms with van der Waals surface area (Å²) in [4.78, 5) is 21.1. The maximum Gasteiger partial charge on any atom is 0.220 e. The first-order chi connectivity index (χ1) is 14.6. The molecule has 1 aliphatic carbocycles. The Morgan fingerprint density at radius 1 is 1.27 bits per heavy atom. The Balaban J connectivity index is 1.43. The monoisotopic (exact) mass is 419 g/mol. The van der Waals surface area contributed by atoms with Gasteiger partial charge in [-0.05, 0) is 43.9 Å². The van der Waals surface area contributed by atoms with Crippen molar-refractivity contribution in [3.05, 3.63) is 29.6 Å². The summed E-state index contributed by atoms with van der Waals surface area (Å²) < 4.78 is 18.9. The molecule has 0 spiro atoms. The number of piperazine rings is 1. The third-order valence-electron chi connectivity index (χ3n) is 5.40. The van der Waals surface area contributed by atoms with Gasteiger partial charge in [-0.25, -0.2) is 4.39 Å². The van der Waals surface area contributed by atoms with Crippen LogP contribution in [0.2, 0.25) is 0 Å². The predicted molar refractivity (Wildman–Crippen MR) is 116 cm³/mol. The Bertz CT molecular complexity index is 730. The van der Waals surface area contributed by atoms with E-state index in [1.807, 2.05) is 6.07 Å². The van der Waals surface area contributed by atoms with Crippen LogP contribution in [-0.2, 0) is 11.3 Å². The second-order valence-corrected chi connectivity index (χ2v) is 7.91. The van der Waals surface area contributed by atoms with Gasteiger partial charge in [0, 0.05) is 58.3 Å². The number of ether oxygens (including phenoxy) is 1. The Morgan fingerprint density at radius 3 is 2.67 bits per heavy atom. The number of nitrogens with one attached hydrogen (secondary N) is 2. The van der Waals surface area contributed by atoms with E-state index in [9.17, 15) is 9.18 Å². The molecule has 7 nitrogen and oxygen atoms in total. The molecule has 1 amide bonds. The van der Waals surface area contributed by atoms with Crippen molar-refractivity contribution in [3.63, 3.8) is 0 Å². The minimum Gasteiger partial charge on any atom is -0.494 e. The van der Waals surface area contributed by atoms with Crippen LogP contribution in [0, 0.1) is 5.82 Å². The molecule has 166 valence electrons. The van der Waals surface area contributed by atoms with E-state index >= 15 is 0 Å². The quantitative estimate of drug-likeness (QED) is 0.364. The molecule has 0 radical (unpaired) electrons. The second-order valence-electron chi connectivity index (χ2n) is 7.91. The van der Waals surface area contributed by atoms with E-state index in [2.05, 4.69) is 27.4 Å². The van der Waals surface area contributed by atoms with Crippen molar-refractivity contribution in [2.24, 2.45) is 4.99 Å². The fourth-order valence-corrected chi connectivity index (χ4v) is 3.56. The summed E-state index contributed by atoms with van der Waals surface area (Å²) in [7, 11) is 1.48. The van der Waals surface area contributed by atoms with E-state index in [4.69, 9.17) is 9.73 Å². The SMILES string of the molecule is CCNC(=NCCCC(=O)NC1CC1)N1CCN(Cc2ccc(OC)c(F)c2)CC1. The summed E-state index contributed by atoms with van der Waals surface area (Å²) >= 11 is 0. The number of hydrogen-bond acceptors (Lipinski definition) is 4. The maximum atomic E-state index is 13.9. The Kier molecular flexibility index (Phi) is 8.30. The zero-order valence-corrected chi connectivity index (χ0v) is 18.1. The van der Waals surface area contributed by atoms with Gasteiger partial charge in [0.25, 0.3) is 0 Å². The first-order valence-corrected chi connectivity index (χ1v) is 11.0. The normalized spacial score (nSPS) is 17.7. The minimum atomic E-state index is -0.319. The van der Waals surface area contributed by atoms with E-state index in [1.165, 1.54) is 7.11 Å². The summed E-state index contributed by atoms with van der Waals surface area (Å²) in [5, 5.41) is 6.38. The van der Waals surface area contributed by atoms with Crippen LogP contribution in [0.1, 0.15) is 38.2 Å². The van der Waals surface area contributed by atoms with Crippen LogP contribution in [0.3, 0.4) is 0 Å². The van der Waals surface area contributed by atoms with Crippen molar-refractivity contribution in [2.45, 2.75) is 45.2 Å². The summed E-state index contributed by atoms with van der Waals surface area (Å²) in [5.41, 5.74) is 0.951. The molecule has 0 atom stereocenters. The van der Waals surface area contributed by atoms with E-state index in [0.29, 0.717) is 19.0 Å². The molecule has 1 aliphatic heterocycles. The number of halogens is 1. The number of benzene rings is 1. The first kappa shape index (κ1) is 22.3. The Hall–Kier alpha value is -2.35. The van der Waals surface area contributed by atoms with Gasteiger partial charge >= 0.3 is 0 Å². The first-order valence-electron chi connectivity index (χ1n) is 11.0. The molecule has 2 N–H and O–H groups in total. The molecule has 0 unspecified atom stereocenters. The standard InChI is InChI=1S/C22H34FN5O2/c1-3-24-22(25-10-4-5-21(29)26-18-7-8-18)28-13-11-27(12-14-28)16-17-6-9-20(30-2)19(23)15-17/h6,9,15,18H,3-5,7-8,10-14,16H2,1-2H3,(H,24,25)(H,26,29). The average molecular weight is 420 g/mol. The van der Waals surface area contributed by atoms with Crippen molar-refractivity contribution in [1.82, 2.24) is 20.4 Å². The number of aliphatic imine (C=N–C) groups is 1. The molecule has 1 heterocycles. The number of methoxy groups -OCH3 is 1. The van der Waals surface area contributed by atoms with Gasteiger partial charge in [-0.15, -0.1) is 0 Å². The van der Waals surface area contributed by atoms with Gasteiger partial charge < -0.3 is 20.3 Å². The molecule has 3 rings (SSSR count). The van der Waals surface area contributed by atoms with Gasteiger partial charge in [0.2, 0.25) is 5.91 Å². The summed E-state index contributed by atoms with van der Waals surface area (Å²) in [6.45, 7) is 7.76. The smallest absolute Gasteiger partial charge is 0.220 e. The highest BCUT2D eigenvalue weighted by atomic mass is 19.1. The third kappa shape index (κ3) is 6.86. The molecule has 8 heteroatoms. The lowest BCUT2D eigenvalue weighted by Gasteiger charge is -2.36. The highest BCUT2D eigenvalue weighted by Gasteiger charge is 2.23. The number of carbonyl (C=O) groups excluding carboxylic acids is 1. The summed E-state index contributed by atoms with van der Waals surface area (Å²) in [6.07, 6.45) is 3.53. The highest BCUT2D eigenvalue weighted by molar-refractivity contribution is 5.80. The molecule has 30 heavy (non-hydrogen) atoms. The van der Waals surface area contributed by atoms with Crippen molar-refractivity contribution in [3.8, 4) is 5.75 Å². The molecular formula is C22H34FN5O2. The zero-order chi connectivity index (χ0) is 21.3. The summed E-state index contributed by atoms with van der Waals surface area (Å²) in [5.74, 6) is 1.01. The second kappa shape index (κ2) is 11.2. The average Bonchev–Trinajstić information content (AvgIpc) is 3.55. The third-order valence-corrected chi connectivity index (χ3v) is 5.40. The molecule has 1 saturated carbocycles. The molecular weight excluding hydrogens is 385 g/mol. The van der Waals surface area contributed by atoms with E-state index in [1.54, 1.807) is 12.1 Å². The van der Waals surface area contributed by atoms with Crippen molar-refractivity contribution in [2.75, 3.05) is 46.4 Å². The van der Waals surface area contributed by atoms with Crippen LogP contribution in [0.4, 0.5) is 4.39 Å². The fourth-order valence-electron chi connectivity index (χ4n) is 3.56. The van der Waals surface area contributed by atoms with Gasteiger partial charge in [0.15, 0.2) is 17.5 Å². The molecule has 1 saturated heterocycles. The lowest BCUT2D eigenvalue weighted by Crippen LogP contribution is -2.52. The van der Waals surface area contributed by atoms with Crippen LogP contribution in [0.5, 0.6) is 5.75 Å². The van der Waals surface area contributed by atoms with E-state index in [0.717, 1.165) is 70.1 Å². The van der Waals surface area contributed by atoms with E-state index < -0.39 is 0 Å². The molecule has 1 aromatic rings. The van der Waals surface area contributed by atoms with Crippen LogP contribution < -0.4 is 15.4 Å². The predicted octanol–water partition coefficient (Wildman–Crippen LogP) is 1.98. The van der Waals surface area contributed by atoms with Gasteiger partial charge in [-0.1, -0.05) is 6.07 Å². The van der Waals surface area contributed by atoms with Crippen LogP contribution >= 0.6 is 0 Å².